The minimum absolute atomic E-state index is 0.0617. The van der Waals surface area contributed by atoms with Crippen molar-refractivity contribution in [3.63, 3.8) is 0 Å². The third-order valence-corrected chi connectivity index (χ3v) is 7.50. The summed E-state index contributed by atoms with van der Waals surface area (Å²) in [6, 6.07) is 14.7. The van der Waals surface area contributed by atoms with E-state index in [9.17, 15) is 14.4 Å². The van der Waals surface area contributed by atoms with E-state index in [1.54, 1.807) is 60.7 Å². The van der Waals surface area contributed by atoms with Gasteiger partial charge in [0.1, 0.15) is 5.75 Å². The second-order valence-corrected chi connectivity index (χ2v) is 10.3. The van der Waals surface area contributed by atoms with Crippen LogP contribution in [0.1, 0.15) is 21.5 Å². The van der Waals surface area contributed by atoms with Crippen LogP contribution in [0.4, 0.5) is 4.79 Å². The summed E-state index contributed by atoms with van der Waals surface area (Å²) in [6.45, 7) is 0.0617. The Morgan fingerprint density at radius 3 is 2.38 bits per heavy atom. The van der Waals surface area contributed by atoms with Gasteiger partial charge in [0.05, 0.1) is 45.8 Å². The Bertz CT molecular complexity index is 1430. The molecule has 0 aromatic heterocycles. The highest BCUT2D eigenvalue weighted by molar-refractivity contribution is 9.10. The number of nitrogens with zero attached hydrogens (tertiary/aromatic N) is 1. The van der Waals surface area contributed by atoms with Crippen LogP contribution in [0.15, 0.2) is 64.0 Å². The van der Waals surface area contributed by atoms with E-state index in [2.05, 4.69) is 15.9 Å². The third-order valence-electron chi connectivity index (χ3n) is 5.27. The van der Waals surface area contributed by atoms with Crippen molar-refractivity contribution in [2.45, 2.75) is 6.54 Å². The average Bonchev–Trinajstić information content (AvgIpc) is 3.14. The summed E-state index contributed by atoms with van der Waals surface area (Å²) in [5, 5.41) is 0.321. The van der Waals surface area contributed by atoms with Gasteiger partial charge >= 0.3 is 5.97 Å². The Labute approximate surface area is 235 Å². The normalized spacial score (nSPS) is 14.3. The van der Waals surface area contributed by atoms with Crippen LogP contribution >= 0.6 is 50.9 Å². The predicted molar refractivity (Wildman–Crippen MR) is 147 cm³/mol. The van der Waals surface area contributed by atoms with Gasteiger partial charge in [-0.1, -0.05) is 29.3 Å². The van der Waals surface area contributed by atoms with Crippen LogP contribution in [-0.4, -0.2) is 36.2 Å². The lowest BCUT2D eigenvalue weighted by atomic mass is 10.1. The Morgan fingerprint density at radius 1 is 1.00 bits per heavy atom. The molecule has 0 radical (unpaired) electrons. The Morgan fingerprint density at radius 2 is 1.73 bits per heavy atom. The van der Waals surface area contributed by atoms with Crippen molar-refractivity contribution in [1.82, 2.24) is 4.90 Å². The number of rotatable bonds is 7. The molecule has 1 aliphatic rings. The fourth-order valence-corrected chi connectivity index (χ4v) is 5.11. The lowest BCUT2D eigenvalue weighted by molar-refractivity contribution is -0.123. The summed E-state index contributed by atoms with van der Waals surface area (Å²) >= 11 is 16.2. The average molecular weight is 623 g/mol. The van der Waals surface area contributed by atoms with E-state index in [4.69, 9.17) is 37.4 Å². The van der Waals surface area contributed by atoms with Crippen LogP contribution in [0, 0.1) is 0 Å². The van der Waals surface area contributed by atoms with Crippen molar-refractivity contribution >= 4 is 74.1 Å². The summed E-state index contributed by atoms with van der Waals surface area (Å²) in [4.78, 5) is 39.5. The number of hydrogen-bond acceptors (Lipinski definition) is 7. The van der Waals surface area contributed by atoms with E-state index >= 15 is 0 Å². The molecule has 1 heterocycles. The molecule has 1 fully saturated rings. The number of methoxy groups -OCH3 is 2. The smallest absolute Gasteiger partial charge is 0.343 e. The zero-order valence-electron chi connectivity index (χ0n) is 19.4. The molecule has 0 unspecified atom stereocenters. The molecule has 0 bridgehead atoms. The molecule has 11 heteroatoms. The Hall–Kier alpha value is -2.98. The Balaban J connectivity index is 1.54. The minimum Gasteiger partial charge on any atom is -0.497 e. The SMILES string of the molecule is COc1ccc(C(=O)Oc2c(Br)cc(/C=C3\SC(=O)N(Cc4ccc(Cl)c(Cl)c4)C3=O)cc2OC)cc1. The van der Waals surface area contributed by atoms with Gasteiger partial charge in [-0.25, -0.2) is 4.79 Å². The summed E-state index contributed by atoms with van der Waals surface area (Å²) in [5.41, 5.74) is 1.56. The Kier molecular flexibility index (Phi) is 8.49. The molecule has 0 N–H and O–H groups in total. The molecule has 0 saturated carbocycles. The lowest BCUT2D eigenvalue weighted by Gasteiger charge is -2.13. The monoisotopic (exact) mass is 621 g/mol. The molecule has 7 nitrogen and oxygen atoms in total. The molecule has 4 rings (SSSR count). The first kappa shape index (κ1) is 27.1. The van der Waals surface area contributed by atoms with Crippen LogP contribution in [0.2, 0.25) is 10.0 Å². The number of halogens is 3. The lowest BCUT2D eigenvalue weighted by Crippen LogP contribution is -2.27. The molecule has 0 aliphatic carbocycles. The second kappa shape index (κ2) is 11.6. The number of hydrogen-bond donors (Lipinski definition) is 0. The van der Waals surface area contributed by atoms with Gasteiger partial charge in [-0.15, -0.1) is 0 Å². The number of imide groups is 1. The van der Waals surface area contributed by atoms with E-state index in [0.29, 0.717) is 37.0 Å². The first-order valence-electron chi connectivity index (χ1n) is 10.6. The predicted octanol–water partition coefficient (Wildman–Crippen LogP) is 7.23. The quantitative estimate of drug-likeness (QED) is 0.156. The van der Waals surface area contributed by atoms with Crippen LogP contribution in [0.25, 0.3) is 6.08 Å². The molecule has 3 aromatic rings. The number of esters is 1. The first-order valence-corrected chi connectivity index (χ1v) is 13.0. The molecule has 0 atom stereocenters. The first-order chi connectivity index (χ1) is 17.7. The van der Waals surface area contributed by atoms with Gasteiger partial charge in [-0.05, 0) is 93.4 Å². The topological polar surface area (TPSA) is 82.1 Å². The van der Waals surface area contributed by atoms with Crippen molar-refractivity contribution in [2.75, 3.05) is 14.2 Å². The maximum absolute atomic E-state index is 13.0. The van der Waals surface area contributed by atoms with Crippen LogP contribution < -0.4 is 14.2 Å². The molecular weight excluding hydrogens is 605 g/mol. The molecular formula is C26H18BrCl2NO6S. The highest BCUT2D eigenvalue weighted by atomic mass is 79.9. The second-order valence-electron chi connectivity index (χ2n) is 7.67. The molecule has 1 aliphatic heterocycles. The van der Waals surface area contributed by atoms with E-state index in [1.165, 1.54) is 14.2 Å². The largest absolute Gasteiger partial charge is 0.497 e. The molecule has 0 spiro atoms. The van der Waals surface area contributed by atoms with Gasteiger partial charge in [0.15, 0.2) is 11.5 Å². The van der Waals surface area contributed by atoms with E-state index in [-0.39, 0.29) is 22.9 Å². The fourth-order valence-electron chi connectivity index (χ4n) is 3.41. The summed E-state index contributed by atoms with van der Waals surface area (Å²) < 4.78 is 16.5. The number of benzene rings is 3. The number of carbonyl (C=O) groups excluding carboxylic acids is 3. The molecule has 3 aromatic carbocycles. The van der Waals surface area contributed by atoms with E-state index in [0.717, 1.165) is 16.7 Å². The number of carbonyl (C=O) groups is 3. The zero-order valence-corrected chi connectivity index (χ0v) is 23.3. The van der Waals surface area contributed by atoms with Crippen molar-refractivity contribution in [1.29, 1.82) is 0 Å². The molecule has 1 saturated heterocycles. The summed E-state index contributed by atoms with van der Waals surface area (Å²) in [5.74, 6) is 0.0238. The maximum Gasteiger partial charge on any atom is 0.343 e. The number of thioether (sulfide) groups is 1. The minimum atomic E-state index is -0.585. The summed E-state index contributed by atoms with van der Waals surface area (Å²) in [6.07, 6.45) is 1.57. The van der Waals surface area contributed by atoms with E-state index < -0.39 is 17.1 Å². The summed E-state index contributed by atoms with van der Waals surface area (Å²) in [7, 11) is 2.97. The standard InChI is InChI=1S/C26H18BrCl2NO6S/c1-34-17-6-4-16(5-7-17)25(32)36-23-18(27)9-15(11-21(23)35-2)12-22-24(31)30(26(33)37-22)13-14-3-8-19(28)20(29)10-14/h3-12H,13H2,1-2H3/b22-12-. The molecule has 190 valence electrons. The van der Waals surface area contributed by atoms with Crippen LogP contribution in [-0.2, 0) is 11.3 Å². The number of amides is 2. The fraction of sp³-hybridized carbons (Fsp3) is 0.115. The zero-order chi connectivity index (χ0) is 26.7. The van der Waals surface area contributed by atoms with E-state index in [1.807, 2.05) is 0 Å². The van der Waals surface area contributed by atoms with Crippen LogP contribution in [0.3, 0.4) is 0 Å². The van der Waals surface area contributed by atoms with Crippen LogP contribution in [0.5, 0.6) is 17.2 Å². The van der Waals surface area contributed by atoms with Crippen molar-refractivity contribution in [3.05, 3.63) is 90.7 Å². The van der Waals surface area contributed by atoms with Gasteiger partial charge in [0.25, 0.3) is 11.1 Å². The van der Waals surface area contributed by atoms with Crippen molar-refractivity contribution < 1.29 is 28.6 Å². The van der Waals surface area contributed by atoms with Gasteiger partial charge in [-0.3, -0.25) is 14.5 Å². The number of ether oxygens (including phenoxy) is 3. The van der Waals surface area contributed by atoms with Gasteiger partial charge < -0.3 is 14.2 Å². The highest BCUT2D eigenvalue weighted by Gasteiger charge is 2.35. The highest BCUT2D eigenvalue weighted by Crippen LogP contribution is 2.40. The van der Waals surface area contributed by atoms with Gasteiger partial charge in [-0.2, -0.15) is 0 Å². The van der Waals surface area contributed by atoms with Gasteiger partial charge in [0.2, 0.25) is 0 Å². The van der Waals surface area contributed by atoms with Crippen molar-refractivity contribution in [3.8, 4) is 17.2 Å². The van der Waals surface area contributed by atoms with Gasteiger partial charge in [0, 0.05) is 0 Å². The maximum atomic E-state index is 13.0. The molecule has 37 heavy (non-hydrogen) atoms. The molecule has 2 amide bonds. The van der Waals surface area contributed by atoms with Crippen molar-refractivity contribution in [2.24, 2.45) is 0 Å². The third kappa shape index (κ3) is 6.13.